The molecule has 0 bridgehead atoms. The van der Waals surface area contributed by atoms with Crippen LogP contribution in [0.3, 0.4) is 0 Å². The summed E-state index contributed by atoms with van der Waals surface area (Å²) < 4.78 is 0. The predicted molar refractivity (Wildman–Crippen MR) is 94.4 cm³/mol. The van der Waals surface area contributed by atoms with E-state index in [1.807, 2.05) is 0 Å². The van der Waals surface area contributed by atoms with E-state index < -0.39 is 0 Å². The second-order valence-corrected chi connectivity index (χ2v) is 6.08. The van der Waals surface area contributed by atoms with E-state index >= 15 is 0 Å². The number of nitrogens with zero attached hydrogens (tertiary/aromatic N) is 1. The minimum Gasteiger partial charge on any atom is -0.377 e. The van der Waals surface area contributed by atoms with Gasteiger partial charge in [-0.05, 0) is 40.3 Å². The van der Waals surface area contributed by atoms with Crippen LogP contribution in [0.5, 0.6) is 0 Å². The molecule has 1 aliphatic rings. The van der Waals surface area contributed by atoms with E-state index in [-0.39, 0.29) is 0 Å². The first-order valence-corrected chi connectivity index (χ1v) is 7.72. The fraction of sp³-hybridized carbons (Fsp3) is 0.143. The molecule has 0 aromatic heterocycles. The topological polar surface area (TPSA) is 3.24 Å². The molecule has 0 unspecified atom stereocenters. The van der Waals surface area contributed by atoms with Crippen molar-refractivity contribution in [3.63, 3.8) is 0 Å². The minimum atomic E-state index is 1.03. The Kier molecular flexibility index (Phi) is 3.00. The van der Waals surface area contributed by atoms with Crippen LogP contribution in [-0.4, -0.2) is 14.1 Å². The molecule has 0 saturated carbocycles. The van der Waals surface area contributed by atoms with Crippen molar-refractivity contribution in [1.82, 2.24) is 0 Å². The lowest BCUT2D eigenvalue weighted by molar-refractivity contribution is 1.13. The van der Waals surface area contributed by atoms with Crippen molar-refractivity contribution in [3.8, 4) is 22.3 Å². The van der Waals surface area contributed by atoms with Gasteiger partial charge in [-0.15, -0.1) is 0 Å². The molecule has 108 valence electrons. The van der Waals surface area contributed by atoms with E-state index in [0.717, 1.165) is 6.42 Å². The third-order valence-electron chi connectivity index (χ3n) is 4.53. The highest BCUT2D eigenvalue weighted by atomic mass is 15.1. The lowest BCUT2D eigenvalue weighted by Gasteiger charge is -2.19. The van der Waals surface area contributed by atoms with Gasteiger partial charge in [-0.2, -0.15) is 0 Å². The summed E-state index contributed by atoms with van der Waals surface area (Å²) in [4.78, 5) is 2.19. The van der Waals surface area contributed by atoms with Gasteiger partial charge in [0.05, 0.1) is 0 Å². The summed E-state index contributed by atoms with van der Waals surface area (Å²) in [6.45, 7) is 0. The van der Waals surface area contributed by atoms with E-state index in [2.05, 4.69) is 85.7 Å². The number of anilines is 1. The lowest BCUT2D eigenvalue weighted by Crippen LogP contribution is -2.10. The summed E-state index contributed by atoms with van der Waals surface area (Å²) in [5, 5.41) is 0. The Hall–Kier alpha value is -2.54. The monoisotopic (exact) mass is 285 g/mol. The molecule has 22 heavy (non-hydrogen) atoms. The lowest BCUT2D eigenvalue weighted by atomic mass is 9.94. The molecule has 0 N–H and O–H groups in total. The molecule has 0 radical (unpaired) electrons. The molecule has 3 aromatic rings. The quantitative estimate of drug-likeness (QED) is 0.501. The van der Waals surface area contributed by atoms with E-state index in [1.54, 1.807) is 0 Å². The number of hydrogen-bond donors (Lipinski definition) is 0. The van der Waals surface area contributed by atoms with Gasteiger partial charge in [0.25, 0.3) is 0 Å². The van der Waals surface area contributed by atoms with Crippen LogP contribution in [0.25, 0.3) is 22.3 Å². The highest BCUT2D eigenvalue weighted by Gasteiger charge is 2.21. The fourth-order valence-electron chi connectivity index (χ4n) is 3.50. The molecule has 4 rings (SSSR count). The van der Waals surface area contributed by atoms with Gasteiger partial charge in [-0.3, -0.25) is 0 Å². The first kappa shape index (κ1) is 13.1. The summed E-state index contributed by atoms with van der Waals surface area (Å²) in [6.07, 6.45) is 1.03. The Morgan fingerprint density at radius 2 is 1.23 bits per heavy atom. The van der Waals surface area contributed by atoms with Crippen molar-refractivity contribution in [2.45, 2.75) is 6.42 Å². The first-order valence-electron chi connectivity index (χ1n) is 7.72. The van der Waals surface area contributed by atoms with Gasteiger partial charge in [0.1, 0.15) is 0 Å². The standard InChI is InChI=1S/C21H19N/c1-22(2)21-13-6-5-10-19(21)18-12-7-11-17-16-9-4-3-8-15(16)14-20(17)18/h3-13H,14H2,1-2H3. The van der Waals surface area contributed by atoms with Gasteiger partial charge >= 0.3 is 0 Å². The molecule has 1 heteroatoms. The van der Waals surface area contributed by atoms with E-state index in [0.29, 0.717) is 0 Å². The second kappa shape index (κ2) is 5.03. The van der Waals surface area contributed by atoms with Gasteiger partial charge in [0.2, 0.25) is 0 Å². The molecule has 0 saturated heterocycles. The zero-order chi connectivity index (χ0) is 15.1. The molecular weight excluding hydrogens is 266 g/mol. The molecule has 0 spiro atoms. The Morgan fingerprint density at radius 3 is 2.00 bits per heavy atom. The van der Waals surface area contributed by atoms with Crippen LogP contribution in [0.1, 0.15) is 11.1 Å². The van der Waals surface area contributed by atoms with Gasteiger partial charge < -0.3 is 4.90 Å². The van der Waals surface area contributed by atoms with Crippen molar-refractivity contribution in [3.05, 3.63) is 77.9 Å². The zero-order valence-electron chi connectivity index (χ0n) is 13.0. The Morgan fingerprint density at radius 1 is 0.636 bits per heavy atom. The molecule has 1 nitrogen and oxygen atoms in total. The molecule has 0 aliphatic heterocycles. The van der Waals surface area contributed by atoms with Gasteiger partial charge in [0.15, 0.2) is 0 Å². The SMILES string of the molecule is CN(C)c1ccccc1-c1cccc2c1Cc1ccccc1-2. The van der Waals surface area contributed by atoms with Crippen LogP contribution < -0.4 is 4.90 Å². The van der Waals surface area contributed by atoms with Crippen molar-refractivity contribution >= 4 is 5.69 Å². The zero-order valence-corrected chi connectivity index (χ0v) is 13.0. The molecule has 0 fully saturated rings. The van der Waals surface area contributed by atoms with Crippen molar-refractivity contribution in [2.24, 2.45) is 0 Å². The van der Waals surface area contributed by atoms with Crippen LogP contribution in [-0.2, 0) is 6.42 Å². The number of benzene rings is 3. The van der Waals surface area contributed by atoms with Crippen LogP contribution in [0.2, 0.25) is 0 Å². The van der Waals surface area contributed by atoms with Crippen LogP contribution >= 0.6 is 0 Å². The Balaban J connectivity index is 1.94. The number of rotatable bonds is 2. The molecule has 1 aliphatic carbocycles. The van der Waals surface area contributed by atoms with Crippen LogP contribution in [0.15, 0.2) is 66.7 Å². The highest BCUT2D eigenvalue weighted by Crippen LogP contribution is 2.43. The summed E-state index contributed by atoms with van der Waals surface area (Å²) in [6, 6.07) is 24.1. The normalized spacial score (nSPS) is 11.9. The number of para-hydroxylation sites is 1. The summed E-state index contributed by atoms with van der Waals surface area (Å²) in [5.74, 6) is 0. The first-order chi connectivity index (χ1) is 10.8. The van der Waals surface area contributed by atoms with Crippen molar-refractivity contribution < 1.29 is 0 Å². The van der Waals surface area contributed by atoms with Gasteiger partial charge in [-0.1, -0.05) is 60.7 Å². The third kappa shape index (κ3) is 1.93. The van der Waals surface area contributed by atoms with Gasteiger partial charge in [0, 0.05) is 25.3 Å². The largest absolute Gasteiger partial charge is 0.377 e. The summed E-state index contributed by atoms with van der Waals surface area (Å²) in [5.41, 5.74) is 9.62. The maximum Gasteiger partial charge on any atom is 0.0440 e. The fourth-order valence-corrected chi connectivity index (χ4v) is 3.50. The number of hydrogen-bond acceptors (Lipinski definition) is 1. The summed E-state index contributed by atoms with van der Waals surface area (Å²) >= 11 is 0. The molecular formula is C21H19N. The Bertz CT molecular complexity index is 846. The Labute approximate surface area is 131 Å². The van der Waals surface area contributed by atoms with E-state index in [1.165, 1.54) is 39.1 Å². The molecule has 0 amide bonds. The minimum absolute atomic E-state index is 1.03. The van der Waals surface area contributed by atoms with Gasteiger partial charge in [-0.25, -0.2) is 0 Å². The van der Waals surface area contributed by atoms with Crippen molar-refractivity contribution in [1.29, 1.82) is 0 Å². The smallest absolute Gasteiger partial charge is 0.0440 e. The average Bonchev–Trinajstić information content (AvgIpc) is 2.93. The number of fused-ring (bicyclic) bond motifs is 3. The average molecular weight is 285 g/mol. The molecule has 0 heterocycles. The van der Waals surface area contributed by atoms with Crippen molar-refractivity contribution in [2.75, 3.05) is 19.0 Å². The maximum absolute atomic E-state index is 2.26. The van der Waals surface area contributed by atoms with Crippen LogP contribution in [0.4, 0.5) is 5.69 Å². The predicted octanol–water partition coefficient (Wildman–Crippen LogP) is 4.99. The highest BCUT2D eigenvalue weighted by molar-refractivity contribution is 5.88. The van der Waals surface area contributed by atoms with E-state index in [9.17, 15) is 0 Å². The maximum atomic E-state index is 2.26. The third-order valence-corrected chi connectivity index (χ3v) is 4.53. The van der Waals surface area contributed by atoms with E-state index in [4.69, 9.17) is 0 Å². The van der Waals surface area contributed by atoms with Crippen LogP contribution in [0, 0.1) is 0 Å². The second-order valence-electron chi connectivity index (χ2n) is 6.08. The molecule has 3 aromatic carbocycles. The summed E-state index contributed by atoms with van der Waals surface area (Å²) in [7, 11) is 4.22. The molecule has 0 atom stereocenters.